The number of hydrogen-bond acceptors (Lipinski definition) is 6. The van der Waals surface area contributed by atoms with Crippen molar-refractivity contribution >= 4 is 66.7 Å². The van der Waals surface area contributed by atoms with Crippen LogP contribution in [-0.4, -0.2) is 26.2 Å². The number of thioether (sulfide) groups is 1. The fourth-order valence-electron chi connectivity index (χ4n) is 3.56. The summed E-state index contributed by atoms with van der Waals surface area (Å²) in [6.45, 7) is 2.38. The van der Waals surface area contributed by atoms with Crippen molar-refractivity contribution in [1.82, 2.24) is 14.5 Å². The molecule has 6 nitrogen and oxygen atoms in total. The predicted octanol–water partition coefficient (Wildman–Crippen LogP) is 5.75. The summed E-state index contributed by atoms with van der Waals surface area (Å²) in [6, 6.07) is 18.8. The minimum Gasteiger partial charge on any atom is -0.325 e. The van der Waals surface area contributed by atoms with Crippen LogP contribution in [0.1, 0.15) is 11.1 Å². The van der Waals surface area contributed by atoms with Crippen molar-refractivity contribution in [3.8, 4) is 0 Å². The molecule has 0 aliphatic carbocycles. The zero-order valence-electron chi connectivity index (χ0n) is 18.1. The average Bonchev–Trinajstić information content (AvgIpc) is 3.20. The summed E-state index contributed by atoms with van der Waals surface area (Å²) in [5.74, 6) is -0.112. The minimum atomic E-state index is -0.208. The van der Waals surface area contributed by atoms with E-state index in [0.29, 0.717) is 32.6 Å². The van der Waals surface area contributed by atoms with Crippen LogP contribution in [0.2, 0.25) is 5.02 Å². The number of carbonyl (C=O) groups is 1. The van der Waals surface area contributed by atoms with Gasteiger partial charge < -0.3 is 5.32 Å². The molecular weight excluding hydrogens is 488 g/mol. The summed E-state index contributed by atoms with van der Waals surface area (Å²) >= 11 is 8.59. The van der Waals surface area contributed by atoms with Gasteiger partial charge in [0.2, 0.25) is 5.91 Å². The molecule has 0 bridgehead atoms. The van der Waals surface area contributed by atoms with E-state index in [1.807, 2.05) is 43.3 Å². The highest BCUT2D eigenvalue weighted by molar-refractivity contribution is 7.99. The van der Waals surface area contributed by atoms with Gasteiger partial charge >= 0.3 is 0 Å². The molecule has 0 unspecified atom stereocenters. The molecule has 0 atom stereocenters. The standard InChI is InChI=1S/C25H19ClN4O2S2/c1-15-7-9-16(10-8-15)13-30-24(32)22-21(19-6-3-11-27-23(19)34-22)29-25(30)33-14-20(31)28-18-5-2-4-17(26)12-18/h2-12H,13-14H2,1H3,(H,28,31). The Balaban J connectivity index is 1.51. The number of carbonyl (C=O) groups excluding carboxylic acids is 1. The van der Waals surface area contributed by atoms with Crippen molar-refractivity contribution in [3.05, 3.63) is 93.4 Å². The maximum Gasteiger partial charge on any atom is 0.272 e. The van der Waals surface area contributed by atoms with Crippen LogP contribution < -0.4 is 10.9 Å². The first-order chi connectivity index (χ1) is 16.5. The number of fused-ring (bicyclic) bond motifs is 3. The number of pyridine rings is 1. The Morgan fingerprint density at radius 3 is 2.76 bits per heavy atom. The van der Waals surface area contributed by atoms with E-state index < -0.39 is 0 Å². The summed E-state index contributed by atoms with van der Waals surface area (Å²) < 4.78 is 2.20. The van der Waals surface area contributed by atoms with Crippen LogP contribution in [0.5, 0.6) is 0 Å². The lowest BCUT2D eigenvalue weighted by atomic mass is 10.1. The largest absolute Gasteiger partial charge is 0.325 e. The monoisotopic (exact) mass is 506 g/mol. The van der Waals surface area contributed by atoms with Crippen LogP contribution in [0.15, 0.2) is 76.8 Å². The highest BCUT2D eigenvalue weighted by atomic mass is 35.5. The molecule has 170 valence electrons. The molecule has 3 aromatic heterocycles. The first kappa shape index (κ1) is 22.6. The second-order valence-corrected chi connectivity index (χ2v) is 10.1. The first-order valence-corrected chi connectivity index (χ1v) is 12.7. The van der Waals surface area contributed by atoms with Crippen molar-refractivity contribution < 1.29 is 4.79 Å². The van der Waals surface area contributed by atoms with Gasteiger partial charge in [-0.15, -0.1) is 11.3 Å². The van der Waals surface area contributed by atoms with Gasteiger partial charge in [0, 0.05) is 22.3 Å². The van der Waals surface area contributed by atoms with Gasteiger partial charge in [-0.25, -0.2) is 9.97 Å². The zero-order valence-corrected chi connectivity index (χ0v) is 20.5. The van der Waals surface area contributed by atoms with Gasteiger partial charge in [0.1, 0.15) is 9.53 Å². The van der Waals surface area contributed by atoms with Gasteiger partial charge in [-0.2, -0.15) is 0 Å². The summed E-state index contributed by atoms with van der Waals surface area (Å²) in [5.41, 5.74) is 3.24. The van der Waals surface area contributed by atoms with Crippen LogP contribution in [0.3, 0.4) is 0 Å². The van der Waals surface area contributed by atoms with Gasteiger partial charge in [-0.05, 0) is 42.8 Å². The Kier molecular flexibility index (Phi) is 6.36. The summed E-state index contributed by atoms with van der Waals surface area (Å²) in [4.78, 5) is 36.1. The molecule has 0 saturated carbocycles. The zero-order chi connectivity index (χ0) is 23.7. The molecule has 1 amide bonds. The number of aryl methyl sites for hydroxylation is 1. The molecule has 0 spiro atoms. The van der Waals surface area contributed by atoms with Crippen molar-refractivity contribution in [3.63, 3.8) is 0 Å². The molecule has 3 heterocycles. The van der Waals surface area contributed by atoms with E-state index in [4.69, 9.17) is 16.6 Å². The molecule has 0 fully saturated rings. The lowest BCUT2D eigenvalue weighted by Crippen LogP contribution is -2.24. The highest BCUT2D eigenvalue weighted by Crippen LogP contribution is 2.30. The molecule has 1 N–H and O–H groups in total. The van der Waals surface area contributed by atoms with Crippen LogP contribution >= 0.6 is 34.7 Å². The van der Waals surface area contributed by atoms with Crippen LogP contribution in [0.4, 0.5) is 5.69 Å². The molecule has 5 rings (SSSR count). The SMILES string of the molecule is Cc1ccc(Cn2c(SCC(=O)Nc3cccc(Cl)c3)nc3c(sc4ncccc43)c2=O)cc1. The second-order valence-electron chi connectivity index (χ2n) is 7.75. The predicted molar refractivity (Wildman–Crippen MR) is 140 cm³/mol. The van der Waals surface area contributed by atoms with Gasteiger partial charge in [0.15, 0.2) is 5.16 Å². The van der Waals surface area contributed by atoms with Crippen LogP contribution in [-0.2, 0) is 11.3 Å². The molecular formula is C25H19ClN4O2S2. The van der Waals surface area contributed by atoms with E-state index >= 15 is 0 Å². The number of nitrogens with one attached hydrogen (secondary N) is 1. The summed E-state index contributed by atoms with van der Waals surface area (Å²) in [5, 5.41) is 4.71. The van der Waals surface area contributed by atoms with E-state index in [2.05, 4.69) is 10.3 Å². The number of aromatic nitrogens is 3. The van der Waals surface area contributed by atoms with E-state index in [0.717, 1.165) is 21.3 Å². The Morgan fingerprint density at radius 1 is 1.15 bits per heavy atom. The lowest BCUT2D eigenvalue weighted by molar-refractivity contribution is -0.113. The Labute approximate surface area is 208 Å². The van der Waals surface area contributed by atoms with Crippen molar-refractivity contribution in [2.75, 3.05) is 11.1 Å². The van der Waals surface area contributed by atoms with Gasteiger partial charge in [-0.1, -0.05) is 59.3 Å². The summed E-state index contributed by atoms with van der Waals surface area (Å²) in [7, 11) is 0. The number of halogens is 1. The number of hydrogen-bond donors (Lipinski definition) is 1. The van der Waals surface area contributed by atoms with E-state index in [-0.39, 0.29) is 17.2 Å². The molecule has 34 heavy (non-hydrogen) atoms. The van der Waals surface area contributed by atoms with Crippen molar-refractivity contribution in [2.45, 2.75) is 18.6 Å². The molecule has 9 heteroatoms. The van der Waals surface area contributed by atoms with E-state index in [9.17, 15) is 9.59 Å². The second kappa shape index (κ2) is 9.58. The third-order valence-electron chi connectivity index (χ3n) is 5.22. The average molecular weight is 507 g/mol. The fraction of sp³-hybridized carbons (Fsp3) is 0.120. The molecule has 0 aliphatic heterocycles. The molecule has 0 aliphatic rings. The van der Waals surface area contributed by atoms with E-state index in [1.165, 1.54) is 23.1 Å². The Bertz CT molecular complexity index is 1580. The third-order valence-corrected chi connectivity index (χ3v) is 7.52. The minimum absolute atomic E-state index is 0.0959. The van der Waals surface area contributed by atoms with Gasteiger partial charge in [0.05, 0.1) is 17.8 Å². The number of benzene rings is 2. The molecule has 5 aromatic rings. The number of amides is 1. The smallest absolute Gasteiger partial charge is 0.272 e. The third kappa shape index (κ3) is 4.70. The topological polar surface area (TPSA) is 76.9 Å². The number of anilines is 1. The van der Waals surface area contributed by atoms with Gasteiger partial charge in [0.25, 0.3) is 5.56 Å². The van der Waals surface area contributed by atoms with Crippen LogP contribution in [0, 0.1) is 6.92 Å². The number of nitrogens with zero attached hydrogens (tertiary/aromatic N) is 3. The normalized spacial score (nSPS) is 11.2. The van der Waals surface area contributed by atoms with E-state index in [1.54, 1.807) is 35.0 Å². The fourth-order valence-corrected chi connectivity index (χ4v) is 5.57. The maximum atomic E-state index is 13.5. The number of rotatable bonds is 6. The molecule has 0 radical (unpaired) electrons. The maximum absolute atomic E-state index is 13.5. The summed E-state index contributed by atoms with van der Waals surface area (Å²) in [6.07, 6.45) is 1.71. The first-order valence-electron chi connectivity index (χ1n) is 10.5. The van der Waals surface area contributed by atoms with Crippen molar-refractivity contribution in [1.29, 1.82) is 0 Å². The quantitative estimate of drug-likeness (QED) is 0.234. The Morgan fingerprint density at radius 2 is 1.97 bits per heavy atom. The molecule has 2 aromatic carbocycles. The molecule has 0 saturated heterocycles. The number of thiophene rings is 1. The highest BCUT2D eigenvalue weighted by Gasteiger charge is 2.18. The van der Waals surface area contributed by atoms with Gasteiger partial charge in [-0.3, -0.25) is 14.2 Å². The van der Waals surface area contributed by atoms with Crippen LogP contribution in [0.25, 0.3) is 20.4 Å². The lowest BCUT2D eigenvalue weighted by Gasteiger charge is -2.12. The Hall–Kier alpha value is -3.20. The van der Waals surface area contributed by atoms with Crippen molar-refractivity contribution in [2.24, 2.45) is 0 Å².